The van der Waals surface area contributed by atoms with Crippen LogP contribution < -0.4 is 4.74 Å². The van der Waals surface area contributed by atoms with Crippen LogP contribution in [-0.2, 0) is 4.74 Å². The van der Waals surface area contributed by atoms with E-state index >= 15 is 0 Å². The summed E-state index contributed by atoms with van der Waals surface area (Å²) in [4.78, 5) is 13.8. The lowest BCUT2D eigenvalue weighted by molar-refractivity contribution is 0.0649. The Balaban J connectivity index is 1.54. The summed E-state index contributed by atoms with van der Waals surface area (Å²) < 4.78 is 11.2. The summed E-state index contributed by atoms with van der Waals surface area (Å²) in [5.74, 6) is 0.924. The Kier molecular flexibility index (Phi) is 3.69. The van der Waals surface area contributed by atoms with Gasteiger partial charge < -0.3 is 14.4 Å². The van der Waals surface area contributed by atoms with E-state index in [1.165, 1.54) is 0 Å². The quantitative estimate of drug-likeness (QED) is 0.833. The van der Waals surface area contributed by atoms with Gasteiger partial charge in [-0.25, -0.2) is 0 Å². The number of benzene rings is 1. The van der Waals surface area contributed by atoms with Crippen molar-refractivity contribution in [2.75, 3.05) is 26.3 Å². The molecule has 0 saturated carbocycles. The molecule has 2 saturated heterocycles. The van der Waals surface area contributed by atoms with E-state index in [-0.39, 0.29) is 12.0 Å². The van der Waals surface area contributed by atoms with E-state index in [9.17, 15) is 4.79 Å². The van der Waals surface area contributed by atoms with Crippen molar-refractivity contribution >= 4 is 5.91 Å². The maximum absolute atomic E-state index is 12.0. The highest BCUT2D eigenvalue weighted by molar-refractivity contribution is 5.94. The molecule has 0 spiro atoms. The number of hydrogen-bond acceptors (Lipinski definition) is 3. The highest BCUT2D eigenvalue weighted by Crippen LogP contribution is 2.18. The van der Waals surface area contributed by atoms with E-state index in [4.69, 9.17) is 9.47 Å². The van der Waals surface area contributed by atoms with Gasteiger partial charge >= 0.3 is 0 Å². The molecular formula is C15H19NO3. The predicted octanol–water partition coefficient (Wildman–Crippen LogP) is 2.09. The molecule has 0 radical (unpaired) electrons. The fourth-order valence-corrected chi connectivity index (χ4v) is 2.36. The van der Waals surface area contributed by atoms with E-state index in [1.54, 1.807) is 0 Å². The molecule has 2 aliphatic rings. The van der Waals surface area contributed by atoms with Crippen LogP contribution in [0.2, 0.25) is 0 Å². The average Bonchev–Trinajstić information content (AvgIpc) is 2.88. The van der Waals surface area contributed by atoms with E-state index in [2.05, 4.69) is 0 Å². The minimum absolute atomic E-state index is 0.122. The summed E-state index contributed by atoms with van der Waals surface area (Å²) in [7, 11) is 0. The molecule has 19 heavy (non-hydrogen) atoms. The van der Waals surface area contributed by atoms with Crippen molar-refractivity contribution in [1.29, 1.82) is 0 Å². The van der Waals surface area contributed by atoms with Crippen molar-refractivity contribution in [3.8, 4) is 5.75 Å². The van der Waals surface area contributed by atoms with Gasteiger partial charge in [-0.15, -0.1) is 0 Å². The molecule has 4 heteroatoms. The summed E-state index contributed by atoms with van der Waals surface area (Å²) in [6.07, 6.45) is 3.54. The molecule has 1 unspecified atom stereocenters. The molecule has 4 nitrogen and oxygen atoms in total. The lowest BCUT2D eigenvalue weighted by Gasteiger charge is -2.30. The van der Waals surface area contributed by atoms with Crippen LogP contribution in [0.5, 0.6) is 5.75 Å². The van der Waals surface area contributed by atoms with E-state index in [0.717, 1.165) is 50.3 Å². The molecule has 1 amide bonds. The SMILES string of the molecule is O=C(c1ccc(OCC2CCCO2)cc1)N1CCC1. The first kappa shape index (κ1) is 12.5. The van der Waals surface area contributed by atoms with Gasteiger partial charge in [0.25, 0.3) is 5.91 Å². The predicted molar refractivity (Wildman–Crippen MR) is 71.4 cm³/mol. The second kappa shape index (κ2) is 5.61. The van der Waals surface area contributed by atoms with Crippen LogP contribution >= 0.6 is 0 Å². The van der Waals surface area contributed by atoms with Crippen molar-refractivity contribution in [3.05, 3.63) is 29.8 Å². The fraction of sp³-hybridized carbons (Fsp3) is 0.533. The van der Waals surface area contributed by atoms with Gasteiger partial charge in [-0.05, 0) is 43.5 Å². The van der Waals surface area contributed by atoms with Gasteiger partial charge in [-0.3, -0.25) is 4.79 Å². The van der Waals surface area contributed by atoms with Crippen molar-refractivity contribution < 1.29 is 14.3 Å². The maximum Gasteiger partial charge on any atom is 0.253 e. The Bertz CT molecular complexity index is 433. The first-order valence-electron chi connectivity index (χ1n) is 6.97. The number of rotatable bonds is 4. The minimum atomic E-state index is 0.122. The van der Waals surface area contributed by atoms with Gasteiger partial charge in [0.15, 0.2) is 0 Å². The number of amides is 1. The largest absolute Gasteiger partial charge is 0.491 e. The molecule has 0 aliphatic carbocycles. The van der Waals surface area contributed by atoms with Crippen LogP contribution in [0.25, 0.3) is 0 Å². The lowest BCUT2D eigenvalue weighted by Crippen LogP contribution is -2.41. The van der Waals surface area contributed by atoms with Gasteiger partial charge in [-0.1, -0.05) is 0 Å². The number of carbonyl (C=O) groups excluding carboxylic acids is 1. The molecule has 1 aromatic carbocycles. The summed E-state index contributed by atoms with van der Waals surface area (Å²) in [6.45, 7) is 3.21. The highest BCUT2D eigenvalue weighted by Gasteiger charge is 2.21. The summed E-state index contributed by atoms with van der Waals surface area (Å²) in [6, 6.07) is 7.40. The highest BCUT2D eigenvalue weighted by atomic mass is 16.5. The van der Waals surface area contributed by atoms with Crippen LogP contribution in [0.3, 0.4) is 0 Å². The van der Waals surface area contributed by atoms with Crippen LogP contribution in [0.15, 0.2) is 24.3 Å². The smallest absolute Gasteiger partial charge is 0.253 e. The number of ether oxygens (including phenoxy) is 2. The topological polar surface area (TPSA) is 38.8 Å². The third-order valence-electron chi connectivity index (χ3n) is 3.70. The first-order chi connectivity index (χ1) is 9.33. The van der Waals surface area contributed by atoms with E-state index in [1.807, 2.05) is 29.2 Å². The maximum atomic E-state index is 12.0. The molecule has 2 heterocycles. The van der Waals surface area contributed by atoms with Gasteiger partial charge in [0.05, 0.1) is 6.10 Å². The number of carbonyl (C=O) groups is 1. The van der Waals surface area contributed by atoms with Gasteiger partial charge in [0, 0.05) is 25.3 Å². The zero-order valence-electron chi connectivity index (χ0n) is 11.0. The van der Waals surface area contributed by atoms with Gasteiger partial charge in [-0.2, -0.15) is 0 Å². The summed E-state index contributed by atoms with van der Waals surface area (Å²) in [5.41, 5.74) is 0.740. The lowest BCUT2D eigenvalue weighted by atomic mass is 10.1. The number of likely N-dealkylation sites (tertiary alicyclic amines) is 1. The fourth-order valence-electron chi connectivity index (χ4n) is 2.36. The molecule has 1 atom stereocenters. The molecule has 0 aromatic heterocycles. The Morgan fingerprint density at radius 2 is 2.05 bits per heavy atom. The monoisotopic (exact) mass is 261 g/mol. The number of hydrogen-bond donors (Lipinski definition) is 0. The average molecular weight is 261 g/mol. The van der Waals surface area contributed by atoms with Crippen molar-refractivity contribution in [2.45, 2.75) is 25.4 Å². The normalized spacial score (nSPS) is 22.1. The van der Waals surface area contributed by atoms with Crippen molar-refractivity contribution in [2.24, 2.45) is 0 Å². The second-order valence-corrected chi connectivity index (χ2v) is 5.12. The molecule has 3 rings (SSSR count). The van der Waals surface area contributed by atoms with Crippen molar-refractivity contribution in [3.63, 3.8) is 0 Å². The van der Waals surface area contributed by atoms with Crippen LogP contribution in [-0.4, -0.2) is 43.2 Å². The summed E-state index contributed by atoms with van der Waals surface area (Å²) >= 11 is 0. The molecule has 1 aromatic rings. The molecule has 2 aliphatic heterocycles. The first-order valence-corrected chi connectivity index (χ1v) is 6.97. The zero-order chi connectivity index (χ0) is 13.1. The Morgan fingerprint density at radius 3 is 2.63 bits per heavy atom. The Labute approximate surface area is 113 Å². The molecule has 2 fully saturated rings. The Morgan fingerprint density at radius 1 is 1.26 bits per heavy atom. The molecular weight excluding hydrogens is 242 g/mol. The number of nitrogens with zero attached hydrogens (tertiary/aromatic N) is 1. The van der Waals surface area contributed by atoms with Crippen LogP contribution in [0.1, 0.15) is 29.6 Å². The third-order valence-corrected chi connectivity index (χ3v) is 3.70. The van der Waals surface area contributed by atoms with Gasteiger partial charge in [0.1, 0.15) is 12.4 Å². The minimum Gasteiger partial charge on any atom is -0.491 e. The second-order valence-electron chi connectivity index (χ2n) is 5.12. The molecule has 0 N–H and O–H groups in total. The molecule has 0 bridgehead atoms. The van der Waals surface area contributed by atoms with Crippen LogP contribution in [0.4, 0.5) is 0 Å². The standard InChI is InChI=1S/C15H19NO3/c17-15(16-8-2-9-16)12-4-6-13(7-5-12)19-11-14-3-1-10-18-14/h4-7,14H,1-3,8-11H2. The van der Waals surface area contributed by atoms with Gasteiger partial charge in [0.2, 0.25) is 0 Å². The third kappa shape index (κ3) is 2.89. The summed E-state index contributed by atoms with van der Waals surface area (Å²) in [5, 5.41) is 0. The van der Waals surface area contributed by atoms with Crippen molar-refractivity contribution in [1.82, 2.24) is 4.90 Å². The Hall–Kier alpha value is -1.55. The van der Waals surface area contributed by atoms with E-state index < -0.39 is 0 Å². The van der Waals surface area contributed by atoms with E-state index in [0.29, 0.717) is 6.61 Å². The zero-order valence-corrected chi connectivity index (χ0v) is 11.0. The molecule has 102 valence electrons. The van der Waals surface area contributed by atoms with Crippen LogP contribution in [0, 0.1) is 0 Å².